The maximum absolute atomic E-state index is 13.4. The minimum absolute atomic E-state index is 0.0169. The highest BCUT2D eigenvalue weighted by Crippen LogP contribution is 2.30. The summed E-state index contributed by atoms with van der Waals surface area (Å²) in [5.74, 6) is -3.11. The Morgan fingerprint density at radius 2 is 1.69 bits per heavy atom. The van der Waals surface area contributed by atoms with E-state index < -0.39 is 22.2 Å². The van der Waals surface area contributed by atoms with Crippen molar-refractivity contribution in [1.29, 1.82) is 0 Å². The molecule has 5 N–H and O–H groups in total. The number of amides is 1. The smallest absolute Gasteiger partial charge is 0.475 e. The number of carbonyl (C=O) groups excluding carboxylic acids is 1. The molecular formula is C28H28F3N5O5S. The Hall–Kier alpha value is -4.27. The number of hydrogen-bond acceptors (Lipinski definition) is 6. The summed E-state index contributed by atoms with van der Waals surface area (Å²) in [5.41, 5.74) is 3.60. The summed E-state index contributed by atoms with van der Waals surface area (Å²) in [4.78, 5) is 24.7. The molecule has 4 aromatic rings. The van der Waals surface area contributed by atoms with Gasteiger partial charge in [0, 0.05) is 23.2 Å². The summed E-state index contributed by atoms with van der Waals surface area (Å²) in [7, 11) is -3.84. The third kappa shape index (κ3) is 7.72. The summed E-state index contributed by atoms with van der Waals surface area (Å²) < 4.78 is 55.3. The molecule has 0 radical (unpaired) electrons. The fraction of sp³-hybridized carbons (Fsp3) is 0.250. The topological polar surface area (TPSA) is 158 Å². The highest BCUT2D eigenvalue weighted by Gasteiger charge is 2.38. The van der Waals surface area contributed by atoms with Crippen molar-refractivity contribution >= 4 is 38.5 Å². The molecule has 0 bridgehead atoms. The van der Waals surface area contributed by atoms with Crippen LogP contribution in [0, 0.1) is 0 Å². The van der Waals surface area contributed by atoms with Crippen LogP contribution < -0.4 is 10.5 Å². The molecule has 1 aromatic heterocycles. The number of anilines is 1. The van der Waals surface area contributed by atoms with Crippen molar-refractivity contribution in [2.45, 2.75) is 29.8 Å². The van der Waals surface area contributed by atoms with Crippen molar-refractivity contribution in [3.63, 3.8) is 0 Å². The monoisotopic (exact) mass is 603 g/mol. The molecule has 1 aliphatic rings. The summed E-state index contributed by atoms with van der Waals surface area (Å²) in [6, 6.07) is 21.7. The summed E-state index contributed by atoms with van der Waals surface area (Å²) >= 11 is 0. The number of alkyl halides is 3. The fourth-order valence-electron chi connectivity index (χ4n) is 4.61. The number of nitrogens with one attached hydrogen (secondary N) is 2. The Kier molecular flexibility index (Phi) is 9.29. The first-order chi connectivity index (χ1) is 19.8. The van der Waals surface area contributed by atoms with Gasteiger partial charge in [0.1, 0.15) is 5.69 Å². The number of halogens is 3. The van der Waals surface area contributed by atoms with E-state index in [1.165, 1.54) is 12.1 Å². The van der Waals surface area contributed by atoms with Gasteiger partial charge in [-0.05, 0) is 61.8 Å². The number of nitrogens with zero attached hydrogens (tertiary/aromatic N) is 2. The zero-order valence-corrected chi connectivity index (χ0v) is 23.0. The average molecular weight is 604 g/mol. The van der Waals surface area contributed by atoms with E-state index in [9.17, 15) is 26.4 Å². The van der Waals surface area contributed by atoms with E-state index in [2.05, 4.69) is 20.4 Å². The van der Waals surface area contributed by atoms with Crippen LogP contribution in [0.15, 0.2) is 77.7 Å². The number of sulfonamides is 1. The average Bonchev–Trinajstić information content (AvgIpc) is 3.61. The van der Waals surface area contributed by atoms with Crippen LogP contribution in [0.25, 0.3) is 22.2 Å². The normalized spacial score (nSPS) is 14.7. The highest BCUT2D eigenvalue weighted by molar-refractivity contribution is 7.89. The number of fused-ring (bicyclic) bond motifs is 1. The van der Waals surface area contributed by atoms with Crippen LogP contribution in [0.3, 0.4) is 0 Å². The summed E-state index contributed by atoms with van der Waals surface area (Å²) in [6.07, 6.45) is -2.76. The second-order valence-corrected chi connectivity index (χ2v) is 11.2. The molecule has 1 unspecified atom stereocenters. The van der Waals surface area contributed by atoms with Crippen molar-refractivity contribution in [3.8, 4) is 11.3 Å². The van der Waals surface area contributed by atoms with Gasteiger partial charge < -0.3 is 15.3 Å². The van der Waals surface area contributed by atoms with Crippen LogP contribution in [-0.4, -0.2) is 66.3 Å². The first kappa shape index (κ1) is 30.7. The number of aliphatic carboxylic acids is 1. The highest BCUT2D eigenvalue weighted by atomic mass is 32.2. The molecule has 1 atom stereocenters. The maximum atomic E-state index is 13.4. The van der Waals surface area contributed by atoms with Gasteiger partial charge in [-0.15, -0.1) is 0 Å². The molecule has 10 nitrogen and oxygen atoms in total. The minimum atomic E-state index is -5.08. The number of carboxylic acid groups (broad SMARTS) is 1. The first-order valence-electron chi connectivity index (χ1n) is 12.8. The number of nitrogens with two attached hydrogens (primary N) is 1. The molecule has 1 saturated heterocycles. The molecule has 2 heterocycles. The van der Waals surface area contributed by atoms with Gasteiger partial charge in [-0.1, -0.05) is 42.5 Å². The maximum Gasteiger partial charge on any atom is 0.490 e. The molecule has 42 heavy (non-hydrogen) atoms. The van der Waals surface area contributed by atoms with Crippen LogP contribution in [0.1, 0.15) is 24.3 Å². The Balaban J connectivity index is 0.000000517. The van der Waals surface area contributed by atoms with Gasteiger partial charge in [-0.3, -0.25) is 9.89 Å². The van der Waals surface area contributed by atoms with E-state index in [4.69, 9.17) is 15.0 Å². The molecule has 0 aliphatic carbocycles. The molecule has 14 heteroatoms. The Labute approximate surface area is 239 Å². The Morgan fingerprint density at radius 3 is 2.31 bits per heavy atom. The van der Waals surface area contributed by atoms with E-state index in [0.717, 1.165) is 42.4 Å². The molecule has 5 rings (SSSR count). The van der Waals surface area contributed by atoms with Crippen LogP contribution in [0.2, 0.25) is 0 Å². The zero-order chi connectivity index (χ0) is 30.5. The largest absolute Gasteiger partial charge is 0.490 e. The number of benzene rings is 3. The first-order valence-corrected chi connectivity index (χ1v) is 14.4. The van der Waals surface area contributed by atoms with E-state index in [1.807, 2.05) is 48.5 Å². The van der Waals surface area contributed by atoms with Gasteiger partial charge in [0.05, 0.1) is 16.3 Å². The number of H-pyrrole nitrogens is 1. The lowest BCUT2D eigenvalue weighted by molar-refractivity contribution is -0.192. The van der Waals surface area contributed by atoms with Crippen LogP contribution in [0.4, 0.5) is 18.9 Å². The van der Waals surface area contributed by atoms with E-state index >= 15 is 0 Å². The number of hydrogen-bond donors (Lipinski definition) is 4. The van der Waals surface area contributed by atoms with Crippen LogP contribution in [0.5, 0.6) is 0 Å². The molecule has 222 valence electrons. The third-order valence-electron chi connectivity index (χ3n) is 6.67. The quantitative estimate of drug-likeness (QED) is 0.245. The zero-order valence-electron chi connectivity index (χ0n) is 22.1. The van der Waals surface area contributed by atoms with Gasteiger partial charge in [-0.25, -0.2) is 18.4 Å². The number of rotatable bonds is 7. The summed E-state index contributed by atoms with van der Waals surface area (Å²) in [6.45, 7) is 2.70. The number of primary sulfonamides is 1. The number of aromatic nitrogens is 2. The second-order valence-electron chi connectivity index (χ2n) is 9.67. The van der Waals surface area contributed by atoms with Crippen molar-refractivity contribution in [2.24, 2.45) is 5.14 Å². The van der Waals surface area contributed by atoms with Gasteiger partial charge in [0.15, 0.2) is 0 Å². The molecular weight excluding hydrogens is 575 g/mol. The fourth-order valence-corrected chi connectivity index (χ4v) is 5.17. The summed E-state index contributed by atoms with van der Waals surface area (Å²) in [5, 5.41) is 23.6. The SMILES string of the molecule is NS(=O)(=O)c1cccc(-c2n[nH]c3ccc(NC(=O)C(CN4CCCC4)c4ccccc4)cc23)c1.O=C(O)C(F)(F)F. The number of likely N-dealkylation sites (tertiary alicyclic amines) is 1. The standard InChI is InChI=1S/C26H27N5O3S.C2HF3O2/c27-35(33,34)21-10-6-9-19(15-21)25-22-16-20(11-12-24(22)29-30-25)28-26(32)23(17-31-13-4-5-14-31)18-7-2-1-3-8-18;3-2(4,5)1(6)7/h1-3,6-12,15-16,23H,4-5,13-14,17H2,(H,28,32)(H,29,30)(H2,27,33,34);(H,6,7). The van der Waals surface area contributed by atoms with E-state index in [-0.39, 0.29) is 16.7 Å². The molecule has 1 amide bonds. The van der Waals surface area contributed by atoms with Crippen molar-refractivity contribution in [3.05, 3.63) is 78.4 Å². The minimum Gasteiger partial charge on any atom is -0.475 e. The van der Waals surface area contributed by atoms with Crippen molar-refractivity contribution < 1.29 is 36.3 Å². The van der Waals surface area contributed by atoms with Crippen molar-refractivity contribution in [2.75, 3.05) is 25.0 Å². The molecule has 0 spiro atoms. The van der Waals surface area contributed by atoms with Gasteiger partial charge in [-0.2, -0.15) is 18.3 Å². The number of carboxylic acids is 1. The third-order valence-corrected chi connectivity index (χ3v) is 7.58. The van der Waals surface area contributed by atoms with Gasteiger partial charge in [0.2, 0.25) is 15.9 Å². The number of aromatic amines is 1. The lowest BCUT2D eigenvalue weighted by Gasteiger charge is -2.23. The molecule has 1 fully saturated rings. The molecule has 1 aliphatic heterocycles. The Bertz CT molecular complexity index is 1670. The van der Waals surface area contributed by atoms with Gasteiger partial charge >= 0.3 is 12.1 Å². The molecule has 3 aromatic carbocycles. The van der Waals surface area contributed by atoms with Gasteiger partial charge in [0.25, 0.3) is 0 Å². The second kappa shape index (κ2) is 12.7. The van der Waals surface area contributed by atoms with Crippen LogP contribution >= 0.6 is 0 Å². The predicted molar refractivity (Wildman–Crippen MR) is 150 cm³/mol. The molecule has 0 saturated carbocycles. The van der Waals surface area contributed by atoms with E-state index in [1.54, 1.807) is 12.1 Å². The van der Waals surface area contributed by atoms with Crippen LogP contribution in [-0.2, 0) is 19.6 Å². The van der Waals surface area contributed by atoms with Crippen molar-refractivity contribution in [1.82, 2.24) is 15.1 Å². The lowest BCUT2D eigenvalue weighted by Crippen LogP contribution is -2.32. The van der Waals surface area contributed by atoms with E-state index in [0.29, 0.717) is 23.5 Å². The lowest BCUT2D eigenvalue weighted by atomic mass is 9.97. The number of carbonyl (C=O) groups is 2. The predicted octanol–water partition coefficient (Wildman–Crippen LogP) is 4.33. The Morgan fingerprint density at radius 1 is 1.02 bits per heavy atom.